The Hall–Kier alpha value is -2.23. The van der Waals surface area contributed by atoms with E-state index < -0.39 is 6.09 Å². The van der Waals surface area contributed by atoms with Crippen molar-refractivity contribution in [2.24, 2.45) is 0 Å². The number of amides is 1. The molecule has 104 valence electrons. The first kappa shape index (κ1) is 12.8. The Kier molecular flexibility index (Phi) is 3.46. The van der Waals surface area contributed by atoms with Gasteiger partial charge in [0.05, 0.1) is 6.04 Å². The van der Waals surface area contributed by atoms with Gasteiger partial charge in [-0.1, -0.05) is 30.3 Å². The molecule has 1 amide bonds. The third-order valence-corrected chi connectivity index (χ3v) is 3.79. The molecule has 0 bridgehead atoms. The zero-order valence-corrected chi connectivity index (χ0v) is 11.2. The number of nitrogens with zero attached hydrogens (tertiary/aromatic N) is 1. The number of carbonyl (C=O) groups is 1. The highest BCUT2D eigenvalue weighted by Gasteiger charge is 2.28. The zero-order valence-electron chi connectivity index (χ0n) is 11.2. The Bertz CT molecular complexity index is 626. The first-order valence-corrected chi connectivity index (χ1v) is 6.85. The van der Waals surface area contributed by atoms with Crippen LogP contribution >= 0.6 is 0 Å². The summed E-state index contributed by atoms with van der Waals surface area (Å²) in [6.45, 7) is 1.03. The van der Waals surface area contributed by atoms with E-state index in [0.717, 1.165) is 24.0 Å². The minimum absolute atomic E-state index is 0.0287. The minimum Gasteiger partial charge on any atom is -0.491 e. The van der Waals surface area contributed by atoms with E-state index in [1.165, 1.54) is 10.3 Å². The highest BCUT2D eigenvalue weighted by Crippen LogP contribution is 2.23. The maximum atomic E-state index is 11.1. The molecule has 1 atom stereocenters. The lowest BCUT2D eigenvalue weighted by Gasteiger charge is -2.21. The van der Waals surface area contributed by atoms with Gasteiger partial charge in [-0.05, 0) is 35.7 Å². The van der Waals surface area contributed by atoms with Crippen molar-refractivity contribution < 1.29 is 14.6 Å². The van der Waals surface area contributed by atoms with Crippen molar-refractivity contribution in [2.45, 2.75) is 18.9 Å². The second-order valence-electron chi connectivity index (χ2n) is 5.09. The van der Waals surface area contributed by atoms with Crippen LogP contribution in [0.25, 0.3) is 10.8 Å². The van der Waals surface area contributed by atoms with Crippen LogP contribution in [0.1, 0.15) is 12.8 Å². The Morgan fingerprint density at radius 2 is 2.05 bits per heavy atom. The lowest BCUT2D eigenvalue weighted by atomic mass is 10.1. The number of hydrogen-bond acceptors (Lipinski definition) is 2. The van der Waals surface area contributed by atoms with Crippen LogP contribution in [0.4, 0.5) is 4.79 Å². The number of hydrogen-bond donors (Lipinski definition) is 1. The average molecular weight is 271 g/mol. The summed E-state index contributed by atoms with van der Waals surface area (Å²) >= 11 is 0. The number of fused-ring (bicyclic) bond motifs is 1. The molecule has 1 aliphatic heterocycles. The summed E-state index contributed by atoms with van der Waals surface area (Å²) in [7, 11) is 0. The first-order valence-electron chi connectivity index (χ1n) is 6.85. The van der Waals surface area contributed by atoms with Gasteiger partial charge in [0.2, 0.25) is 0 Å². The normalized spacial score (nSPS) is 18.4. The predicted molar refractivity (Wildman–Crippen MR) is 77.2 cm³/mol. The molecule has 1 aliphatic rings. The van der Waals surface area contributed by atoms with Gasteiger partial charge in [-0.15, -0.1) is 0 Å². The van der Waals surface area contributed by atoms with Crippen LogP contribution in [0.2, 0.25) is 0 Å². The number of carboxylic acid groups (broad SMARTS) is 1. The second kappa shape index (κ2) is 5.41. The molecule has 0 saturated carbocycles. The van der Waals surface area contributed by atoms with Gasteiger partial charge < -0.3 is 14.7 Å². The van der Waals surface area contributed by atoms with E-state index in [1.54, 1.807) is 0 Å². The van der Waals surface area contributed by atoms with Crippen molar-refractivity contribution in [2.75, 3.05) is 13.2 Å². The fourth-order valence-corrected chi connectivity index (χ4v) is 2.71. The minimum atomic E-state index is -0.852. The van der Waals surface area contributed by atoms with Crippen LogP contribution in [-0.4, -0.2) is 35.3 Å². The van der Waals surface area contributed by atoms with E-state index in [9.17, 15) is 4.79 Å². The molecular weight excluding hydrogens is 254 g/mol. The second-order valence-corrected chi connectivity index (χ2v) is 5.09. The summed E-state index contributed by atoms with van der Waals surface area (Å²) < 4.78 is 5.77. The van der Waals surface area contributed by atoms with Gasteiger partial charge in [0.1, 0.15) is 12.4 Å². The molecular formula is C16H17NO3. The quantitative estimate of drug-likeness (QED) is 0.931. The molecule has 0 unspecified atom stereocenters. The molecule has 1 heterocycles. The van der Waals surface area contributed by atoms with Crippen molar-refractivity contribution in [3.63, 3.8) is 0 Å². The van der Waals surface area contributed by atoms with E-state index in [4.69, 9.17) is 9.84 Å². The number of benzene rings is 2. The van der Waals surface area contributed by atoms with E-state index in [1.807, 2.05) is 36.4 Å². The summed E-state index contributed by atoms with van der Waals surface area (Å²) in [6, 6.07) is 14.0. The van der Waals surface area contributed by atoms with E-state index in [2.05, 4.69) is 6.07 Å². The Morgan fingerprint density at radius 3 is 2.85 bits per heavy atom. The maximum Gasteiger partial charge on any atom is 0.407 e. The maximum absolute atomic E-state index is 11.1. The summed E-state index contributed by atoms with van der Waals surface area (Å²) in [5.74, 6) is 0.793. The molecule has 0 aliphatic carbocycles. The fourth-order valence-electron chi connectivity index (χ4n) is 2.71. The lowest BCUT2D eigenvalue weighted by molar-refractivity contribution is 0.123. The molecule has 20 heavy (non-hydrogen) atoms. The third-order valence-electron chi connectivity index (χ3n) is 3.79. The Morgan fingerprint density at radius 1 is 1.25 bits per heavy atom. The summed E-state index contributed by atoms with van der Waals surface area (Å²) in [5.41, 5.74) is 0. The molecule has 0 radical (unpaired) electrons. The molecule has 0 spiro atoms. The zero-order chi connectivity index (χ0) is 13.9. The molecule has 3 rings (SSSR count). The van der Waals surface area contributed by atoms with Crippen LogP contribution in [-0.2, 0) is 0 Å². The van der Waals surface area contributed by atoms with Gasteiger partial charge in [0.25, 0.3) is 0 Å². The van der Waals surface area contributed by atoms with E-state index in [0.29, 0.717) is 13.2 Å². The molecule has 0 aromatic heterocycles. The van der Waals surface area contributed by atoms with Crippen molar-refractivity contribution in [1.82, 2.24) is 4.90 Å². The lowest BCUT2D eigenvalue weighted by Crippen LogP contribution is -2.37. The topological polar surface area (TPSA) is 49.8 Å². The van der Waals surface area contributed by atoms with Crippen LogP contribution < -0.4 is 4.74 Å². The van der Waals surface area contributed by atoms with Crippen molar-refractivity contribution in [1.29, 1.82) is 0 Å². The summed E-state index contributed by atoms with van der Waals surface area (Å²) in [5, 5.41) is 11.4. The SMILES string of the molecule is O=C(O)N1CCC[C@H]1COc1ccc2ccccc2c1. The van der Waals surface area contributed by atoms with Crippen LogP contribution in [0.15, 0.2) is 42.5 Å². The monoisotopic (exact) mass is 271 g/mol. The number of ether oxygens (including phenoxy) is 1. The van der Waals surface area contributed by atoms with Crippen molar-refractivity contribution in [3.05, 3.63) is 42.5 Å². The number of likely N-dealkylation sites (tertiary alicyclic amines) is 1. The van der Waals surface area contributed by atoms with Crippen molar-refractivity contribution in [3.8, 4) is 5.75 Å². The van der Waals surface area contributed by atoms with E-state index >= 15 is 0 Å². The van der Waals surface area contributed by atoms with Crippen molar-refractivity contribution >= 4 is 16.9 Å². The van der Waals surface area contributed by atoms with Crippen LogP contribution in [0.3, 0.4) is 0 Å². The first-order chi connectivity index (χ1) is 9.74. The predicted octanol–water partition coefficient (Wildman–Crippen LogP) is 3.36. The van der Waals surface area contributed by atoms with Crippen LogP contribution in [0, 0.1) is 0 Å². The smallest absolute Gasteiger partial charge is 0.407 e. The molecule has 2 aromatic rings. The molecule has 1 N–H and O–H groups in total. The molecule has 4 heteroatoms. The van der Waals surface area contributed by atoms with E-state index in [-0.39, 0.29) is 6.04 Å². The molecule has 4 nitrogen and oxygen atoms in total. The number of rotatable bonds is 3. The summed E-state index contributed by atoms with van der Waals surface area (Å²) in [6.07, 6.45) is 0.937. The molecule has 2 aromatic carbocycles. The molecule has 1 fully saturated rings. The Balaban J connectivity index is 1.69. The molecule has 1 saturated heterocycles. The highest BCUT2D eigenvalue weighted by atomic mass is 16.5. The van der Waals surface area contributed by atoms with Gasteiger partial charge in [-0.2, -0.15) is 0 Å². The third kappa shape index (κ3) is 2.54. The fraction of sp³-hybridized carbons (Fsp3) is 0.312. The highest BCUT2D eigenvalue weighted by molar-refractivity contribution is 5.83. The average Bonchev–Trinajstić information content (AvgIpc) is 2.93. The standard InChI is InChI=1S/C16H17NO3/c18-16(19)17-9-3-6-14(17)11-20-15-8-7-12-4-1-2-5-13(12)10-15/h1-2,4-5,7-8,10,14H,3,6,9,11H2,(H,18,19)/t14-/m0/s1. The Labute approximate surface area is 117 Å². The van der Waals surface area contributed by atoms with Gasteiger partial charge in [-0.25, -0.2) is 4.79 Å². The van der Waals surface area contributed by atoms with Gasteiger partial charge in [0.15, 0.2) is 0 Å². The van der Waals surface area contributed by atoms with Gasteiger partial charge >= 0.3 is 6.09 Å². The largest absolute Gasteiger partial charge is 0.491 e. The summed E-state index contributed by atoms with van der Waals surface area (Å²) in [4.78, 5) is 12.5. The van der Waals surface area contributed by atoms with Gasteiger partial charge in [-0.3, -0.25) is 0 Å². The van der Waals surface area contributed by atoms with Gasteiger partial charge in [0, 0.05) is 6.54 Å². The van der Waals surface area contributed by atoms with Crippen LogP contribution in [0.5, 0.6) is 5.75 Å².